The fourth-order valence-electron chi connectivity index (χ4n) is 7.73. The summed E-state index contributed by atoms with van der Waals surface area (Å²) in [4.78, 5) is 13.0. The highest BCUT2D eigenvalue weighted by Crippen LogP contribution is 2.67. The Bertz CT molecular complexity index is 1080. The molecule has 2 saturated carbocycles. The van der Waals surface area contributed by atoms with Crippen LogP contribution >= 0.6 is 0 Å². The molecule has 7 atom stereocenters. The summed E-state index contributed by atoms with van der Waals surface area (Å²) in [6.07, 6.45) is 6.15. The fourth-order valence-corrected chi connectivity index (χ4v) is 7.73. The highest BCUT2D eigenvalue weighted by molar-refractivity contribution is 5.87. The van der Waals surface area contributed by atoms with Crippen LogP contribution in [0.1, 0.15) is 69.8 Å². The number of aliphatic hydroxyl groups excluding tert-OH is 1. The molecule has 5 heteroatoms. The molecule has 0 bridgehead atoms. The number of benzene rings is 1. The van der Waals surface area contributed by atoms with Gasteiger partial charge in [0, 0.05) is 23.8 Å². The molecule has 1 heterocycles. The molecule has 0 amide bonds. The highest BCUT2D eigenvalue weighted by Gasteiger charge is 2.72. The van der Waals surface area contributed by atoms with E-state index in [2.05, 4.69) is 13.8 Å². The van der Waals surface area contributed by atoms with E-state index in [-0.39, 0.29) is 17.8 Å². The number of carbonyl (C=O) groups excluding carboxylic acids is 1. The Hall–Kier alpha value is -2.37. The molecular weight excluding hydrogens is 428 g/mol. The monoisotopic (exact) mass is 464 g/mol. The highest BCUT2D eigenvalue weighted by atomic mass is 16.6. The Labute approximate surface area is 201 Å². The van der Waals surface area contributed by atoms with Crippen molar-refractivity contribution in [3.63, 3.8) is 0 Å². The van der Waals surface area contributed by atoms with Crippen LogP contribution in [0.3, 0.4) is 0 Å². The Morgan fingerprint density at radius 3 is 2.62 bits per heavy atom. The van der Waals surface area contributed by atoms with Gasteiger partial charge in [0.1, 0.15) is 23.6 Å². The maximum Gasteiger partial charge on any atom is 0.331 e. The van der Waals surface area contributed by atoms with Gasteiger partial charge >= 0.3 is 5.97 Å². The van der Waals surface area contributed by atoms with E-state index in [1.165, 1.54) is 6.08 Å². The smallest absolute Gasteiger partial charge is 0.331 e. The third-order valence-corrected chi connectivity index (χ3v) is 9.52. The van der Waals surface area contributed by atoms with Crippen LogP contribution in [0.25, 0.3) is 6.08 Å². The van der Waals surface area contributed by atoms with Crippen molar-refractivity contribution in [2.75, 3.05) is 0 Å². The molecule has 0 saturated heterocycles. The number of hydrogen-bond donors (Lipinski definition) is 2. The number of aliphatic hydroxyl groups is 2. The summed E-state index contributed by atoms with van der Waals surface area (Å²) in [5.74, 6) is 0.381. The molecule has 2 N–H and O–H groups in total. The largest absolute Gasteiger partial charge is 0.469 e. The molecule has 0 radical (unpaired) electrons. The lowest BCUT2D eigenvalue weighted by molar-refractivity contribution is -0.314. The van der Waals surface area contributed by atoms with E-state index in [9.17, 15) is 15.0 Å². The van der Waals surface area contributed by atoms with Crippen molar-refractivity contribution >= 4 is 12.0 Å². The molecule has 2 aromatic rings. The van der Waals surface area contributed by atoms with Gasteiger partial charge in [-0.2, -0.15) is 0 Å². The predicted octanol–water partition coefficient (Wildman–Crippen LogP) is 5.12. The van der Waals surface area contributed by atoms with Crippen molar-refractivity contribution in [1.29, 1.82) is 0 Å². The Balaban J connectivity index is 1.55. The molecule has 34 heavy (non-hydrogen) atoms. The molecule has 1 aromatic heterocycles. The van der Waals surface area contributed by atoms with Crippen LogP contribution in [-0.2, 0) is 16.0 Å². The van der Waals surface area contributed by atoms with Gasteiger partial charge in [-0.05, 0) is 53.4 Å². The maximum atomic E-state index is 13.0. The van der Waals surface area contributed by atoms with Gasteiger partial charge in [0.2, 0.25) is 0 Å². The zero-order valence-electron chi connectivity index (χ0n) is 20.5. The Kier molecular flexibility index (Phi) is 5.57. The lowest BCUT2D eigenvalue weighted by atomic mass is 9.40. The quantitative estimate of drug-likeness (QED) is 0.487. The number of carbonyl (C=O) groups is 1. The lowest BCUT2D eigenvalue weighted by Crippen LogP contribution is -2.76. The average molecular weight is 465 g/mol. The summed E-state index contributed by atoms with van der Waals surface area (Å²) in [6, 6.07) is 11.6. The molecule has 182 valence electrons. The van der Waals surface area contributed by atoms with Crippen LogP contribution in [0, 0.1) is 22.7 Å². The molecule has 7 unspecified atom stereocenters. The van der Waals surface area contributed by atoms with Gasteiger partial charge in [0.05, 0.1) is 6.26 Å². The van der Waals surface area contributed by atoms with E-state index in [1.807, 2.05) is 50.2 Å². The summed E-state index contributed by atoms with van der Waals surface area (Å²) in [7, 11) is 0. The molecular formula is C29H36O5. The van der Waals surface area contributed by atoms with Gasteiger partial charge in [-0.3, -0.25) is 0 Å². The maximum absolute atomic E-state index is 13.0. The minimum Gasteiger partial charge on any atom is -0.469 e. The number of esters is 1. The molecule has 0 spiro atoms. The van der Waals surface area contributed by atoms with Crippen LogP contribution in [0.5, 0.6) is 0 Å². The van der Waals surface area contributed by atoms with E-state index < -0.39 is 34.6 Å². The summed E-state index contributed by atoms with van der Waals surface area (Å²) in [5.41, 5.74) is -0.437. The van der Waals surface area contributed by atoms with Crippen molar-refractivity contribution in [2.45, 2.75) is 77.1 Å². The zero-order valence-corrected chi connectivity index (χ0v) is 20.5. The first-order valence-electron chi connectivity index (χ1n) is 12.5. The Morgan fingerprint density at radius 2 is 1.88 bits per heavy atom. The van der Waals surface area contributed by atoms with Crippen molar-refractivity contribution in [3.05, 3.63) is 65.6 Å². The SMILES string of the molecule is CC1c2ccoc2CC2C1C(OC(=O)C=Cc1ccccc1)C(O)C1(O)C(C)(C)CCCC21C. The van der Waals surface area contributed by atoms with Gasteiger partial charge in [-0.1, -0.05) is 64.4 Å². The second-order valence-corrected chi connectivity index (χ2v) is 11.5. The van der Waals surface area contributed by atoms with Crippen LogP contribution < -0.4 is 0 Å². The molecule has 1 aromatic carbocycles. The summed E-state index contributed by atoms with van der Waals surface area (Å²) < 4.78 is 11.9. The van der Waals surface area contributed by atoms with Gasteiger partial charge in [-0.25, -0.2) is 4.79 Å². The number of fused-ring (bicyclic) bond motifs is 4. The van der Waals surface area contributed by atoms with Gasteiger partial charge in [0.25, 0.3) is 0 Å². The number of furan rings is 1. The first-order valence-corrected chi connectivity index (χ1v) is 12.5. The van der Waals surface area contributed by atoms with Crippen molar-refractivity contribution < 1.29 is 24.2 Å². The van der Waals surface area contributed by atoms with Crippen molar-refractivity contribution in [1.82, 2.24) is 0 Å². The third-order valence-electron chi connectivity index (χ3n) is 9.52. The lowest BCUT2D eigenvalue weighted by Gasteiger charge is -2.68. The standard InChI is InChI=1S/C29H36O5/c1-18-20-13-16-33-22(20)17-21-24(18)25(34-23(30)12-11-19-9-6-5-7-10-19)26(31)29(32)27(2,3)14-8-15-28(21,29)4/h5-7,9-13,16,18,21,24-26,31-32H,8,14-15,17H2,1-4H3. The number of ether oxygens (including phenoxy) is 1. The second-order valence-electron chi connectivity index (χ2n) is 11.5. The van der Waals surface area contributed by atoms with E-state index in [0.717, 1.165) is 36.1 Å². The van der Waals surface area contributed by atoms with Gasteiger partial charge in [0.15, 0.2) is 0 Å². The minimum atomic E-state index is -1.39. The van der Waals surface area contributed by atoms with Crippen LogP contribution in [0.4, 0.5) is 0 Å². The topological polar surface area (TPSA) is 79.9 Å². The third kappa shape index (κ3) is 3.24. The first kappa shape index (κ1) is 23.4. The second kappa shape index (κ2) is 8.10. The number of hydrogen-bond acceptors (Lipinski definition) is 5. The van der Waals surface area contributed by atoms with Crippen molar-refractivity contribution in [2.24, 2.45) is 22.7 Å². The average Bonchev–Trinajstić information content (AvgIpc) is 3.28. The van der Waals surface area contributed by atoms with E-state index in [1.54, 1.807) is 12.3 Å². The van der Waals surface area contributed by atoms with Crippen LogP contribution in [-0.4, -0.2) is 34.0 Å². The van der Waals surface area contributed by atoms with Gasteiger partial charge < -0.3 is 19.4 Å². The molecule has 5 nitrogen and oxygen atoms in total. The summed E-state index contributed by atoms with van der Waals surface area (Å²) >= 11 is 0. The van der Waals surface area contributed by atoms with Crippen molar-refractivity contribution in [3.8, 4) is 0 Å². The zero-order chi connectivity index (χ0) is 24.3. The fraction of sp³-hybridized carbons (Fsp3) is 0.552. The summed E-state index contributed by atoms with van der Waals surface area (Å²) in [6.45, 7) is 8.32. The van der Waals surface area contributed by atoms with E-state index >= 15 is 0 Å². The molecule has 5 rings (SSSR count). The molecule has 3 aliphatic carbocycles. The normalized spacial score (nSPS) is 38.6. The predicted molar refractivity (Wildman–Crippen MR) is 130 cm³/mol. The van der Waals surface area contributed by atoms with E-state index in [0.29, 0.717) is 6.42 Å². The van der Waals surface area contributed by atoms with E-state index in [4.69, 9.17) is 9.15 Å². The number of rotatable bonds is 3. The molecule has 0 aliphatic heterocycles. The first-order chi connectivity index (χ1) is 16.1. The summed E-state index contributed by atoms with van der Waals surface area (Å²) in [5, 5.41) is 24.2. The molecule has 2 fully saturated rings. The van der Waals surface area contributed by atoms with Crippen LogP contribution in [0.15, 0.2) is 53.2 Å². The molecule has 3 aliphatic rings. The van der Waals surface area contributed by atoms with Gasteiger partial charge in [-0.15, -0.1) is 0 Å². The Morgan fingerprint density at radius 1 is 1.15 bits per heavy atom. The van der Waals surface area contributed by atoms with Crippen LogP contribution in [0.2, 0.25) is 0 Å². The minimum absolute atomic E-state index is 0.0185.